The number of rotatable bonds is 9. The van der Waals surface area contributed by atoms with Crippen molar-refractivity contribution >= 4 is 16.0 Å². The SMILES string of the molecule is N#Cc1cccc(-c2nc(C(=O)N(O)C3CCCCC3)c(CO)n2-c2ccc(OS(=O)(=O)CCC(F)(F)F)cc2)c1. The monoisotopic (exact) mass is 592 g/mol. The Labute approximate surface area is 234 Å². The fourth-order valence-corrected chi connectivity index (χ4v) is 5.62. The van der Waals surface area contributed by atoms with Gasteiger partial charge in [-0.1, -0.05) is 31.4 Å². The maximum atomic E-state index is 13.4. The second-order valence-electron chi connectivity index (χ2n) is 9.56. The van der Waals surface area contributed by atoms with E-state index in [2.05, 4.69) is 4.98 Å². The molecule has 1 heterocycles. The number of hydroxylamine groups is 2. The molecule has 2 aromatic carbocycles. The summed E-state index contributed by atoms with van der Waals surface area (Å²) in [5.41, 5.74) is 0.811. The summed E-state index contributed by atoms with van der Waals surface area (Å²) in [5, 5.41) is 31.1. The Morgan fingerprint density at radius 2 is 1.83 bits per heavy atom. The minimum Gasteiger partial charge on any atom is -0.390 e. The molecule has 1 aliphatic carbocycles. The van der Waals surface area contributed by atoms with E-state index in [1.54, 1.807) is 18.2 Å². The Balaban J connectivity index is 1.74. The summed E-state index contributed by atoms with van der Waals surface area (Å²) in [7, 11) is -4.53. The molecule has 4 rings (SSSR count). The molecule has 0 unspecified atom stereocenters. The molecule has 0 spiro atoms. The van der Waals surface area contributed by atoms with Crippen molar-refractivity contribution in [2.24, 2.45) is 0 Å². The third-order valence-corrected chi connectivity index (χ3v) is 7.81. The minimum absolute atomic E-state index is 0.0219. The smallest absolute Gasteiger partial charge is 0.390 e. The Kier molecular flexibility index (Phi) is 9.01. The molecule has 1 amide bonds. The molecule has 41 heavy (non-hydrogen) atoms. The van der Waals surface area contributed by atoms with Gasteiger partial charge in [-0.25, -0.2) is 10.0 Å². The largest absolute Gasteiger partial charge is 0.390 e. The van der Waals surface area contributed by atoms with Gasteiger partial charge in [0, 0.05) is 11.3 Å². The Morgan fingerprint density at radius 3 is 2.44 bits per heavy atom. The Bertz CT molecular complexity index is 1540. The molecule has 0 atom stereocenters. The molecule has 1 aromatic heterocycles. The van der Waals surface area contributed by atoms with E-state index >= 15 is 0 Å². The van der Waals surface area contributed by atoms with E-state index in [0.29, 0.717) is 34.7 Å². The van der Waals surface area contributed by atoms with Crippen LogP contribution in [-0.2, 0) is 16.7 Å². The lowest BCUT2D eigenvalue weighted by Gasteiger charge is -2.28. The number of amides is 1. The number of nitriles is 1. The van der Waals surface area contributed by atoms with Crippen LogP contribution in [0.25, 0.3) is 17.1 Å². The maximum absolute atomic E-state index is 13.4. The Morgan fingerprint density at radius 1 is 1.15 bits per heavy atom. The van der Waals surface area contributed by atoms with Crippen molar-refractivity contribution in [1.82, 2.24) is 14.6 Å². The first kappa shape index (κ1) is 30.0. The van der Waals surface area contributed by atoms with Gasteiger partial charge in [-0.15, -0.1) is 0 Å². The lowest BCUT2D eigenvalue weighted by atomic mass is 9.95. The summed E-state index contributed by atoms with van der Waals surface area (Å²) in [4.78, 5) is 17.8. The van der Waals surface area contributed by atoms with Crippen molar-refractivity contribution in [3.8, 4) is 28.9 Å². The second kappa shape index (κ2) is 12.3. The van der Waals surface area contributed by atoms with Crippen LogP contribution < -0.4 is 4.18 Å². The van der Waals surface area contributed by atoms with Crippen LogP contribution in [0.3, 0.4) is 0 Å². The standard InChI is InChI=1S/C27H27F3N4O6S/c28-27(29,30)13-14-41(38,39)40-22-11-9-20(10-12-22)33-23(17-35)24(26(36)34(37)21-7-2-1-3-8-21)32-25(33)19-6-4-5-18(15-19)16-31/h4-6,9-12,15,21,35,37H,1-3,7-8,13-14,17H2. The van der Waals surface area contributed by atoms with Crippen molar-refractivity contribution in [3.05, 3.63) is 65.5 Å². The fraction of sp³-hybridized carbons (Fsp3) is 0.370. The summed E-state index contributed by atoms with van der Waals surface area (Å²) < 4.78 is 67.6. The van der Waals surface area contributed by atoms with Crippen LogP contribution in [0.5, 0.6) is 5.75 Å². The summed E-state index contributed by atoms with van der Waals surface area (Å²) >= 11 is 0. The van der Waals surface area contributed by atoms with Crippen LogP contribution in [0.4, 0.5) is 13.2 Å². The first-order chi connectivity index (χ1) is 19.4. The van der Waals surface area contributed by atoms with E-state index in [0.717, 1.165) is 19.3 Å². The van der Waals surface area contributed by atoms with E-state index in [1.165, 1.54) is 34.9 Å². The van der Waals surface area contributed by atoms with Crippen LogP contribution in [0.15, 0.2) is 48.5 Å². The molecule has 14 heteroatoms. The predicted molar refractivity (Wildman–Crippen MR) is 140 cm³/mol. The van der Waals surface area contributed by atoms with Gasteiger partial charge < -0.3 is 9.29 Å². The van der Waals surface area contributed by atoms with E-state index in [9.17, 15) is 42.0 Å². The highest BCUT2D eigenvalue weighted by atomic mass is 32.2. The first-order valence-electron chi connectivity index (χ1n) is 12.8. The maximum Gasteiger partial charge on any atom is 0.390 e. The number of hydrogen-bond donors (Lipinski definition) is 2. The van der Waals surface area contributed by atoms with Crippen molar-refractivity contribution in [2.75, 3.05) is 5.75 Å². The number of aliphatic hydroxyl groups is 1. The molecule has 2 N–H and O–H groups in total. The number of aliphatic hydroxyl groups excluding tert-OH is 1. The lowest BCUT2D eigenvalue weighted by molar-refractivity contribution is -0.130. The number of imidazole rings is 1. The average Bonchev–Trinajstić information content (AvgIpc) is 3.35. The van der Waals surface area contributed by atoms with Gasteiger partial charge >= 0.3 is 16.3 Å². The van der Waals surface area contributed by atoms with Crippen molar-refractivity contribution in [2.45, 2.75) is 57.3 Å². The number of carbonyl (C=O) groups excluding carboxylic acids is 1. The van der Waals surface area contributed by atoms with Gasteiger partial charge in [0.2, 0.25) is 0 Å². The highest BCUT2D eigenvalue weighted by Gasteiger charge is 2.32. The van der Waals surface area contributed by atoms with Gasteiger partial charge in [-0.05, 0) is 49.2 Å². The summed E-state index contributed by atoms with van der Waals surface area (Å²) in [6, 6.07) is 13.1. The lowest BCUT2D eigenvalue weighted by Crippen LogP contribution is -2.39. The van der Waals surface area contributed by atoms with Crippen LogP contribution in [0, 0.1) is 11.3 Å². The van der Waals surface area contributed by atoms with E-state index in [4.69, 9.17) is 4.18 Å². The number of hydrogen-bond acceptors (Lipinski definition) is 8. The zero-order chi connectivity index (χ0) is 29.8. The van der Waals surface area contributed by atoms with Gasteiger partial charge in [0.15, 0.2) is 5.69 Å². The summed E-state index contributed by atoms with van der Waals surface area (Å²) in [6.07, 6.45) is -2.31. The summed E-state index contributed by atoms with van der Waals surface area (Å²) in [5.74, 6) is -2.16. The fourth-order valence-electron chi connectivity index (χ4n) is 4.65. The van der Waals surface area contributed by atoms with E-state index in [-0.39, 0.29) is 23.0 Å². The highest BCUT2D eigenvalue weighted by molar-refractivity contribution is 7.87. The number of halogens is 3. The molecular formula is C27H27F3N4O6S. The molecule has 0 bridgehead atoms. The molecule has 0 saturated heterocycles. The number of benzene rings is 2. The van der Waals surface area contributed by atoms with Crippen LogP contribution in [0.2, 0.25) is 0 Å². The first-order valence-corrected chi connectivity index (χ1v) is 14.3. The number of carbonyl (C=O) groups is 1. The van der Waals surface area contributed by atoms with Gasteiger partial charge in [0.1, 0.15) is 11.6 Å². The third kappa shape index (κ3) is 7.24. The molecule has 1 aliphatic rings. The molecule has 1 fully saturated rings. The van der Waals surface area contributed by atoms with Crippen LogP contribution in [-0.4, -0.2) is 57.2 Å². The van der Waals surface area contributed by atoms with Crippen molar-refractivity contribution in [1.29, 1.82) is 5.26 Å². The van der Waals surface area contributed by atoms with Crippen LogP contribution in [0.1, 0.15) is 60.3 Å². The molecule has 3 aromatic rings. The predicted octanol–water partition coefficient (Wildman–Crippen LogP) is 4.73. The van der Waals surface area contributed by atoms with Gasteiger partial charge in [0.25, 0.3) is 5.91 Å². The molecule has 0 aliphatic heterocycles. The van der Waals surface area contributed by atoms with E-state index in [1.807, 2.05) is 6.07 Å². The Hall–Kier alpha value is -3.93. The van der Waals surface area contributed by atoms with Crippen LogP contribution >= 0.6 is 0 Å². The van der Waals surface area contributed by atoms with Gasteiger partial charge in [-0.3, -0.25) is 14.6 Å². The third-order valence-electron chi connectivity index (χ3n) is 6.66. The molecule has 10 nitrogen and oxygen atoms in total. The van der Waals surface area contributed by atoms with Gasteiger partial charge in [0.05, 0.1) is 42.1 Å². The average molecular weight is 593 g/mol. The quantitative estimate of drug-likeness (QED) is 0.206. The highest BCUT2D eigenvalue weighted by Crippen LogP contribution is 2.31. The number of nitrogens with zero attached hydrogens (tertiary/aromatic N) is 4. The second-order valence-corrected chi connectivity index (χ2v) is 11.3. The van der Waals surface area contributed by atoms with Gasteiger partial charge in [-0.2, -0.15) is 26.9 Å². The normalized spacial score (nSPS) is 14.4. The topological polar surface area (TPSA) is 146 Å². The number of aromatic nitrogens is 2. The minimum atomic E-state index is -4.67. The zero-order valence-electron chi connectivity index (χ0n) is 21.7. The molecule has 218 valence electrons. The molecule has 0 radical (unpaired) electrons. The number of alkyl halides is 3. The van der Waals surface area contributed by atoms with Crippen molar-refractivity contribution < 1.29 is 40.9 Å². The van der Waals surface area contributed by atoms with E-state index < -0.39 is 47.0 Å². The molecule has 1 saturated carbocycles. The zero-order valence-corrected chi connectivity index (χ0v) is 22.5. The molecular weight excluding hydrogens is 565 g/mol. The summed E-state index contributed by atoms with van der Waals surface area (Å²) in [6.45, 7) is -0.672. The van der Waals surface area contributed by atoms with Crippen molar-refractivity contribution in [3.63, 3.8) is 0 Å².